The lowest BCUT2D eigenvalue weighted by Gasteiger charge is -2.39. The number of nitrogens with zero attached hydrogens (tertiary/aromatic N) is 6. The Morgan fingerprint density at radius 2 is 1.70 bits per heavy atom. The molecule has 1 unspecified atom stereocenters. The molecular formula is C32H34N6O4S. The van der Waals surface area contributed by atoms with E-state index in [0.29, 0.717) is 19.5 Å². The monoisotopic (exact) mass is 598 g/mol. The molecule has 0 aliphatic carbocycles. The van der Waals surface area contributed by atoms with Gasteiger partial charge in [-0.3, -0.25) is 14.4 Å². The zero-order valence-corrected chi connectivity index (χ0v) is 24.9. The number of carbonyl (C=O) groups excluding carboxylic acids is 3. The molecule has 0 radical (unpaired) electrons. The van der Waals surface area contributed by atoms with Gasteiger partial charge in [-0.25, -0.2) is 4.68 Å². The Balaban J connectivity index is 1.34. The van der Waals surface area contributed by atoms with E-state index in [0.717, 1.165) is 16.6 Å². The molecule has 7 rings (SSSR count). The van der Waals surface area contributed by atoms with Gasteiger partial charge in [-0.1, -0.05) is 72.0 Å². The number of likely N-dealkylation sites (tertiary alicyclic amines) is 1. The fraction of sp³-hybridized carbons (Fsp3) is 0.406. The maximum atomic E-state index is 14.8. The zero-order valence-electron chi connectivity index (χ0n) is 24.1. The van der Waals surface area contributed by atoms with Crippen LogP contribution in [0.2, 0.25) is 0 Å². The molecule has 43 heavy (non-hydrogen) atoms. The van der Waals surface area contributed by atoms with Crippen LogP contribution in [0.5, 0.6) is 0 Å². The number of para-hydroxylation sites is 1. The van der Waals surface area contributed by atoms with Crippen molar-refractivity contribution in [2.75, 3.05) is 26.7 Å². The van der Waals surface area contributed by atoms with Crippen LogP contribution in [-0.2, 0) is 27.5 Å². The molecule has 1 spiro atoms. The second kappa shape index (κ2) is 10.3. The first-order valence-corrected chi connectivity index (χ1v) is 15.4. The van der Waals surface area contributed by atoms with Crippen LogP contribution in [0, 0.1) is 11.8 Å². The third kappa shape index (κ3) is 4.23. The Morgan fingerprint density at radius 3 is 2.49 bits per heavy atom. The number of aliphatic hydroxyl groups is 1. The number of fused-ring (bicyclic) bond motifs is 3. The summed E-state index contributed by atoms with van der Waals surface area (Å²) in [4.78, 5) is 48.4. The molecule has 6 atom stereocenters. The molecule has 2 fully saturated rings. The highest BCUT2D eigenvalue weighted by molar-refractivity contribution is 8.02. The minimum Gasteiger partial charge on any atom is -0.394 e. The van der Waals surface area contributed by atoms with Crippen LogP contribution in [0.15, 0.2) is 78.9 Å². The number of hydrogen-bond donors (Lipinski definition) is 1. The molecule has 0 saturated carbocycles. The molecular weight excluding hydrogens is 564 g/mol. The largest absolute Gasteiger partial charge is 0.394 e. The van der Waals surface area contributed by atoms with Crippen molar-refractivity contribution in [3.05, 3.63) is 84.5 Å². The second-order valence-electron chi connectivity index (χ2n) is 12.1. The first-order valence-electron chi connectivity index (χ1n) is 14.6. The molecule has 1 N–H and O–H groups in total. The topological polar surface area (TPSA) is 112 Å². The summed E-state index contributed by atoms with van der Waals surface area (Å²) in [7, 11) is 1.76. The van der Waals surface area contributed by atoms with Gasteiger partial charge in [-0.15, -0.1) is 16.9 Å². The van der Waals surface area contributed by atoms with Crippen molar-refractivity contribution in [1.82, 2.24) is 29.7 Å². The average Bonchev–Trinajstić information content (AvgIpc) is 3.54. The first kappa shape index (κ1) is 27.8. The van der Waals surface area contributed by atoms with Gasteiger partial charge in [0.15, 0.2) is 0 Å². The van der Waals surface area contributed by atoms with Crippen LogP contribution in [-0.4, -0.2) is 101 Å². The fourth-order valence-electron chi connectivity index (χ4n) is 7.47. The van der Waals surface area contributed by atoms with E-state index in [1.165, 1.54) is 0 Å². The number of thioether (sulfide) groups is 1. The lowest BCUT2D eigenvalue weighted by atomic mass is 9.74. The highest BCUT2D eigenvalue weighted by Gasteiger charge is 2.74. The molecule has 222 valence electrons. The quantitative estimate of drug-likeness (QED) is 0.433. The molecule has 3 amide bonds. The molecule has 3 aromatic rings. The third-order valence-electron chi connectivity index (χ3n) is 9.42. The Bertz CT molecular complexity index is 1660. The van der Waals surface area contributed by atoms with E-state index < -0.39 is 33.4 Å². The standard InChI is InChI=1S/C32H34N6O4S/c1-31-14-8-16-35(2)28(40)25(31)26-29(41)38(22(19-39)18-21-10-4-3-5-11-21)27-30(42)36(17-9-15-32(26,27)43-31)20-37-24-13-7-6-12-23(24)33-34-37/h3-15,22,25-27,39H,16-20H2,1-2H3/t22-,25-,26+,27?,31+,32+/m1/s1. The molecule has 0 bridgehead atoms. The molecule has 4 aliphatic rings. The minimum absolute atomic E-state index is 0.101. The summed E-state index contributed by atoms with van der Waals surface area (Å²) in [5, 5.41) is 19.3. The summed E-state index contributed by atoms with van der Waals surface area (Å²) in [5.41, 5.74) is 2.48. The molecule has 4 aliphatic heterocycles. The predicted molar refractivity (Wildman–Crippen MR) is 163 cm³/mol. The highest BCUT2D eigenvalue weighted by atomic mass is 32.2. The van der Waals surface area contributed by atoms with E-state index in [1.807, 2.05) is 85.8 Å². The van der Waals surface area contributed by atoms with E-state index >= 15 is 0 Å². The molecule has 11 heteroatoms. The van der Waals surface area contributed by atoms with Gasteiger partial charge in [0.1, 0.15) is 18.2 Å². The normalized spacial score (nSPS) is 30.8. The number of hydrogen-bond acceptors (Lipinski definition) is 7. The van der Waals surface area contributed by atoms with Gasteiger partial charge in [0.2, 0.25) is 17.7 Å². The van der Waals surface area contributed by atoms with Gasteiger partial charge in [0, 0.05) is 24.9 Å². The van der Waals surface area contributed by atoms with Crippen LogP contribution in [0.25, 0.3) is 11.0 Å². The molecule has 2 aromatic carbocycles. The lowest BCUT2D eigenvalue weighted by molar-refractivity contribution is -0.147. The summed E-state index contributed by atoms with van der Waals surface area (Å²) < 4.78 is 0.0248. The predicted octanol–water partition coefficient (Wildman–Crippen LogP) is 2.11. The number of likely N-dealkylation sites (N-methyl/N-ethyl adjacent to an activating group) is 1. The number of amides is 3. The van der Waals surface area contributed by atoms with Crippen molar-refractivity contribution in [3.8, 4) is 0 Å². The number of aliphatic hydroxyl groups excluding tert-OH is 1. The Kier molecular flexibility index (Phi) is 6.70. The minimum atomic E-state index is -0.991. The van der Waals surface area contributed by atoms with Gasteiger partial charge in [-0.2, -0.15) is 0 Å². The van der Waals surface area contributed by atoms with E-state index in [-0.39, 0.29) is 31.0 Å². The van der Waals surface area contributed by atoms with Crippen molar-refractivity contribution in [2.45, 2.75) is 41.6 Å². The molecule has 1 aromatic heterocycles. The van der Waals surface area contributed by atoms with Crippen molar-refractivity contribution < 1.29 is 19.5 Å². The molecule has 5 heterocycles. The summed E-state index contributed by atoms with van der Waals surface area (Å²) in [6.45, 7) is 2.62. The van der Waals surface area contributed by atoms with Gasteiger partial charge in [0.25, 0.3) is 0 Å². The highest BCUT2D eigenvalue weighted by Crippen LogP contribution is 2.65. The smallest absolute Gasteiger partial charge is 0.248 e. The average molecular weight is 599 g/mol. The van der Waals surface area contributed by atoms with E-state index in [9.17, 15) is 19.5 Å². The first-order chi connectivity index (χ1) is 20.8. The fourth-order valence-corrected chi connectivity index (χ4v) is 9.61. The lowest BCUT2D eigenvalue weighted by Crippen LogP contribution is -2.57. The van der Waals surface area contributed by atoms with Crippen LogP contribution >= 0.6 is 11.8 Å². The van der Waals surface area contributed by atoms with Crippen LogP contribution in [0.4, 0.5) is 0 Å². The molecule has 10 nitrogen and oxygen atoms in total. The van der Waals surface area contributed by atoms with E-state index in [2.05, 4.69) is 10.3 Å². The SMILES string of the molecule is CN1CC=C[C@]2(C)S[C@]34C=CCN(Cn5nnc6ccccc65)C(=O)C3N([C@@H](CO)Cc3ccccc3)C(=O)[C@@H]4[C@@H]2C1=O. The summed E-state index contributed by atoms with van der Waals surface area (Å²) in [6, 6.07) is 15.7. The number of rotatable bonds is 6. The maximum absolute atomic E-state index is 14.8. The van der Waals surface area contributed by atoms with Crippen LogP contribution in [0.1, 0.15) is 12.5 Å². The second-order valence-corrected chi connectivity index (χ2v) is 13.9. The Morgan fingerprint density at radius 1 is 0.953 bits per heavy atom. The summed E-state index contributed by atoms with van der Waals surface area (Å²) >= 11 is 1.54. The van der Waals surface area contributed by atoms with Crippen molar-refractivity contribution in [1.29, 1.82) is 0 Å². The van der Waals surface area contributed by atoms with Crippen molar-refractivity contribution in [3.63, 3.8) is 0 Å². The third-order valence-corrected chi connectivity index (χ3v) is 11.2. The van der Waals surface area contributed by atoms with Gasteiger partial charge in [0.05, 0.1) is 34.7 Å². The van der Waals surface area contributed by atoms with E-state index in [1.54, 1.807) is 38.2 Å². The number of benzene rings is 2. The van der Waals surface area contributed by atoms with Gasteiger partial charge < -0.3 is 19.8 Å². The Labute approximate surface area is 254 Å². The Hall–Kier alpha value is -3.96. The van der Waals surface area contributed by atoms with Crippen molar-refractivity contribution >= 4 is 40.5 Å². The zero-order chi connectivity index (χ0) is 29.9. The van der Waals surface area contributed by atoms with E-state index in [4.69, 9.17) is 0 Å². The summed E-state index contributed by atoms with van der Waals surface area (Å²) in [5.74, 6) is -2.01. The van der Waals surface area contributed by atoms with Gasteiger partial charge in [-0.05, 0) is 31.0 Å². The number of aromatic nitrogens is 3. The van der Waals surface area contributed by atoms with Crippen molar-refractivity contribution in [2.24, 2.45) is 11.8 Å². The summed E-state index contributed by atoms with van der Waals surface area (Å²) in [6.07, 6.45) is 8.36. The van der Waals surface area contributed by atoms with Gasteiger partial charge >= 0.3 is 0 Å². The maximum Gasteiger partial charge on any atom is 0.248 e. The van der Waals surface area contributed by atoms with Crippen LogP contribution in [0.3, 0.4) is 0 Å². The number of carbonyl (C=O) groups is 3. The molecule has 2 saturated heterocycles. The van der Waals surface area contributed by atoms with Crippen LogP contribution < -0.4 is 0 Å².